The first-order valence-electron chi connectivity index (χ1n) is 14.2. The van der Waals surface area contributed by atoms with Crippen molar-refractivity contribution >= 4 is 45.9 Å². The molecule has 0 fully saturated rings. The number of nitrogens with zero attached hydrogens (tertiary/aromatic N) is 6. The Bertz CT molecular complexity index is 1950. The number of hydrogen-bond donors (Lipinski definition) is 3. The fourth-order valence-corrected chi connectivity index (χ4v) is 6.01. The van der Waals surface area contributed by atoms with E-state index in [0.29, 0.717) is 43.4 Å². The third kappa shape index (κ3) is 4.49. The number of aromatic nitrogens is 5. The van der Waals surface area contributed by atoms with Gasteiger partial charge in [0.1, 0.15) is 0 Å². The second kappa shape index (κ2) is 10.1. The summed E-state index contributed by atoms with van der Waals surface area (Å²) in [6, 6.07) is 13.4. The number of anilines is 3. The lowest BCUT2D eigenvalue weighted by atomic mass is 9.93. The van der Waals surface area contributed by atoms with E-state index in [1.165, 1.54) is 0 Å². The zero-order valence-electron chi connectivity index (χ0n) is 24.2. The lowest BCUT2D eigenvalue weighted by Crippen LogP contribution is -2.38. The van der Waals surface area contributed by atoms with Crippen LogP contribution < -0.4 is 16.0 Å². The normalized spacial score (nSPS) is 14.8. The van der Waals surface area contributed by atoms with Gasteiger partial charge >= 0.3 is 6.03 Å². The number of aryl methyl sites for hydroxylation is 3. The highest BCUT2D eigenvalue weighted by Crippen LogP contribution is 2.39. The van der Waals surface area contributed by atoms with Gasteiger partial charge in [-0.05, 0) is 54.7 Å². The molecule has 2 aromatic carbocycles. The number of H-pyrrole nitrogens is 1. The predicted molar refractivity (Wildman–Crippen MR) is 166 cm³/mol. The van der Waals surface area contributed by atoms with E-state index < -0.39 is 6.03 Å². The van der Waals surface area contributed by atoms with Gasteiger partial charge in [0.25, 0.3) is 5.91 Å². The summed E-state index contributed by atoms with van der Waals surface area (Å²) in [7, 11) is 1.89. The summed E-state index contributed by atoms with van der Waals surface area (Å²) >= 11 is 0. The van der Waals surface area contributed by atoms with E-state index in [1.54, 1.807) is 15.8 Å². The van der Waals surface area contributed by atoms with Gasteiger partial charge in [-0.1, -0.05) is 30.3 Å². The van der Waals surface area contributed by atoms with Crippen LogP contribution in [0, 0.1) is 13.8 Å². The van der Waals surface area contributed by atoms with Crippen molar-refractivity contribution in [2.75, 3.05) is 23.3 Å². The van der Waals surface area contributed by atoms with Gasteiger partial charge in [-0.3, -0.25) is 9.48 Å². The number of aromatic amines is 1. The third-order valence-electron chi connectivity index (χ3n) is 8.40. The molecule has 0 atom stereocenters. The fourth-order valence-electron chi connectivity index (χ4n) is 6.01. The van der Waals surface area contributed by atoms with Crippen LogP contribution in [0.2, 0.25) is 0 Å². The maximum Gasteiger partial charge on any atom is 0.315 e. The number of fused-ring (bicyclic) bond motifs is 2. The number of rotatable bonds is 5. The van der Waals surface area contributed by atoms with Gasteiger partial charge in [0.15, 0.2) is 5.82 Å². The first-order valence-corrected chi connectivity index (χ1v) is 14.2. The monoisotopic (exact) mass is 573 g/mol. The van der Waals surface area contributed by atoms with E-state index in [1.807, 2.05) is 74.5 Å². The number of para-hydroxylation sites is 1. The number of carbonyl (C=O) groups excluding carboxylic acids is 2. The molecule has 0 spiro atoms. The van der Waals surface area contributed by atoms with E-state index >= 15 is 0 Å². The average molecular weight is 574 g/mol. The van der Waals surface area contributed by atoms with Crippen LogP contribution in [-0.4, -0.2) is 54.7 Å². The average Bonchev–Trinajstić information content (AvgIpc) is 3.68. The Labute approximate surface area is 248 Å². The highest BCUT2D eigenvalue weighted by atomic mass is 16.2. The second-order valence-corrected chi connectivity index (χ2v) is 11.0. The van der Waals surface area contributed by atoms with Crippen molar-refractivity contribution < 1.29 is 9.59 Å². The fraction of sp³-hybridized carbons (Fsp3) is 0.219. The molecule has 4 N–H and O–H groups in total. The molecule has 0 bridgehead atoms. The molecule has 11 nitrogen and oxygen atoms in total. The number of primary amides is 1. The molecule has 0 unspecified atom stereocenters. The van der Waals surface area contributed by atoms with Gasteiger partial charge in [-0.2, -0.15) is 5.10 Å². The van der Waals surface area contributed by atoms with Gasteiger partial charge in [-0.25, -0.2) is 14.8 Å². The van der Waals surface area contributed by atoms with Crippen molar-refractivity contribution in [3.63, 3.8) is 0 Å². The van der Waals surface area contributed by atoms with E-state index in [0.717, 1.165) is 55.8 Å². The van der Waals surface area contributed by atoms with Crippen molar-refractivity contribution in [2.45, 2.75) is 26.8 Å². The van der Waals surface area contributed by atoms with Crippen LogP contribution in [0.1, 0.15) is 39.2 Å². The van der Waals surface area contributed by atoms with E-state index in [9.17, 15) is 9.59 Å². The van der Waals surface area contributed by atoms with Crippen molar-refractivity contribution in [3.05, 3.63) is 88.9 Å². The van der Waals surface area contributed by atoms with Crippen LogP contribution >= 0.6 is 0 Å². The molecule has 2 aliphatic heterocycles. The lowest BCUT2D eigenvalue weighted by molar-refractivity contribution is 0.0996. The number of benzene rings is 2. The van der Waals surface area contributed by atoms with Gasteiger partial charge in [0.2, 0.25) is 5.95 Å². The summed E-state index contributed by atoms with van der Waals surface area (Å²) in [5, 5.41) is 8.62. The quantitative estimate of drug-likeness (QED) is 0.269. The standard InChI is InChI=1S/C32H31N9O2/c1-18-15-35-32(36-27-14-19(2)39(3)38-27)37-28(18)24-16-34-29-22(24)7-5-9-26(29)41-17-25-21(6-4-8-23(25)30(41)42)20-10-12-40(13-11-20)31(33)43/h4-10,14-16,34H,11-13,17H2,1-3H3,(H2,33,43)(H,35,36,37,38). The molecule has 0 saturated heterocycles. The molecule has 11 heteroatoms. The van der Waals surface area contributed by atoms with Gasteiger partial charge in [0.05, 0.1) is 23.4 Å². The molecule has 5 aromatic rings. The minimum Gasteiger partial charge on any atom is -0.359 e. The molecule has 0 radical (unpaired) electrons. The van der Waals surface area contributed by atoms with Crippen molar-refractivity contribution in [1.82, 2.24) is 29.6 Å². The smallest absolute Gasteiger partial charge is 0.315 e. The van der Waals surface area contributed by atoms with Gasteiger partial charge in [0, 0.05) is 60.8 Å². The van der Waals surface area contributed by atoms with Crippen molar-refractivity contribution in [3.8, 4) is 11.3 Å². The second-order valence-electron chi connectivity index (χ2n) is 11.0. The topological polar surface area (TPSA) is 138 Å². The summed E-state index contributed by atoms with van der Waals surface area (Å²) in [5.74, 6) is 1.10. The molecule has 216 valence electrons. The summed E-state index contributed by atoms with van der Waals surface area (Å²) < 4.78 is 1.79. The molecule has 0 saturated carbocycles. The van der Waals surface area contributed by atoms with E-state index in [4.69, 9.17) is 10.7 Å². The Morgan fingerprint density at radius 1 is 1.09 bits per heavy atom. The minimum absolute atomic E-state index is 0.0361. The number of nitrogens with two attached hydrogens (primary N) is 1. The molecular formula is C32H31N9O2. The SMILES string of the molecule is Cc1cnc(Nc2cc(C)n(C)n2)nc1-c1c[nH]c2c(N3Cc4c(cccc4C4=CCN(C(N)=O)CC4)C3=O)cccc12. The lowest BCUT2D eigenvalue weighted by Gasteiger charge is -2.25. The van der Waals surface area contributed by atoms with Crippen LogP contribution in [0.15, 0.2) is 60.9 Å². The third-order valence-corrected chi connectivity index (χ3v) is 8.40. The summed E-state index contributed by atoms with van der Waals surface area (Å²) in [5.41, 5.74) is 14.7. The van der Waals surface area contributed by atoms with Crippen molar-refractivity contribution in [1.29, 1.82) is 0 Å². The molecule has 3 aromatic heterocycles. The molecule has 7 rings (SSSR count). The van der Waals surface area contributed by atoms with Crippen LogP contribution in [-0.2, 0) is 13.6 Å². The number of hydrogen-bond acceptors (Lipinski definition) is 6. The first-order chi connectivity index (χ1) is 20.8. The van der Waals surface area contributed by atoms with Crippen LogP contribution in [0.3, 0.4) is 0 Å². The molecule has 43 heavy (non-hydrogen) atoms. The zero-order valence-corrected chi connectivity index (χ0v) is 24.2. The summed E-state index contributed by atoms with van der Waals surface area (Å²) in [6.07, 6.45) is 6.47. The van der Waals surface area contributed by atoms with Crippen LogP contribution in [0.5, 0.6) is 0 Å². The van der Waals surface area contributed by atoms with Gasteiger partial charge in [-0.15, -0.1) is 0 Å². The van der Waals surface area contributed by atoms with Gasteiger partial charge < -0.3 is 25.8 Å². The summed E-state index contributed by atoms with van der Waals surface area (Å²) in [6.45, 7) is 5.46. The maximum atomic E-state index is 13.8. The Balaban J connectivity index is 1.22. The molecular weight excluding hydrogens is 542 g/mol. The molecule has 5 heterocycles. The first kappa shape index (κ1) is 26.4. The minimum atomic E-state index is -0.415. The number of urea groups is 1. The Morgan fingerprint density at radius 2 is 1.91 bits per heavy atom. The number of nitrogens with one attached hydrogen (secondary N) is 2. The zero-order chi connectivity index (χ0) is 29.8. The highest BCUT2D eigenvalue weighted by Gasteiger charge is 2.33. The Kier molecular flexibility index (Phi) is 6.23. The Morgan fingerprint density at radius 3 is 2.65 bits per heavy atom. The van der Waals surface area contributed by atoms with Crippen LogP contribution in [0.25, 0.3) is 27.7 Å². The predicted octanol–water partition coefficient (Wildman–Crippen LogP) is 5.05. The van der Waals surface area contributed by atoms with E-state index in [-0.39, 0.29) is 5.91 Å². The number of carbonyl (C=O) groups is 2. The summed E-state index contributed by atoms with van der Waals surface area (Å²) in [4.78, 5) is 41.6. The molecule has 0 aliphatic carbocycles. The van der Waals surface area contributed by atoms with Crippen molar-refractivity contribution in [2.24, 2.45) is 12.8 Å². The largest absolute Gasteiger partial charge is 0.359 e. The van der Waals surface area contributed by atoms with Crippen LogP contribution in [0.4, 0.5) is 22.2 Å². The number of amides is 3. The molecule has 2 aliphatic rings. The maximum absolute atomic E-state index is 13.8. The van der Waals surface area contributed by atoms with E-state index in [2.05, 4.69) is 26.4 Å². The highest BCUT2D eigenvalue weighted by molar-refractivity contribution is 6.15. The Hall–Kier alpha value is -5.45. The molecule has 3 amide bonds.